The summed E-state index contributed by atoms with van der Waals surface area (Å²) in [5.74, 6) is 3.28. The molecule has 1 aromatic heterocycles. The van der Waals surface area contributed by atoms with Crippen LogP contribution in [-0.4, -0.2) is 66.7 Å². The Hall–Kier alpha value is -6.43. The lowest BCUT2D eigenvalue weighted by Gasteiger charge is -2.37. The molecule has 3 aliphatic rings. The summed E-state index contributed by atoms with van der Waals surface area (Å²) in [7, 11) is -0.293. The van der Waals surface area contributed by atoms with Gasteiger partial charge < -0.3 is 30.6 Å². The van der Waals surface area contributed by atoms with Gasteiger partial charge in [-0.15, -0.1) is 15.0 Å². The lowest BCUT2D eigenvalue weighted by atomic mass is 9.75. The molecule has 4 atom stereocenters. The van der Waals surface area contributed by atoms with Gasteiger partial charge in [-0.05, 0) is 99.3 Å². The van der Waals surface area contributed by atoms with Crippen molar-refractivity contribution < 1.29 is 9.31 Å². The van der Waals surface area contributed by atoms with Crippen molar-refractivity contribution in [3.05, 3.63) is 168 Å². The molecule has 0 radical (unpaired) electrons. The number of hydrogen-bond donors (Lipinski definition) is 2. The van der Waals surface area contributed by atoms with E-state index in [0.29, 0.717) is 42.7 Å². The third kappa shape index (κ3) is 9.92. The third-order valence-corrected chi connectivity index (χ3v) is 13.8. The van der Waals surface area contributed by atoms with Crippen molar-refractivity contribution in [2.24, 2.45) is 29.1 Å². The summed E-state index contributed by atoms with van der Waals surface area (Å²) in [5.41, 5.74) is 23.3. The molecule has 0 amide bonds. The van der Waals surface area contributed by atoms with Gasteiger partial charge in [-0.3, -0.25) is 0 Å². The Labute approximate surface area is 403 Å². The lowest BCUT2D eigenvalue weighted by molar-refractivity contribution is 0.0343. The number of nitrogens with zero attached hydrogens (tertiary/aromatic N) is 6. The molecule has 10 nitrogen and oxygen atoms in total. The number of hydrogen-bond acceptors (Lipinski definition) is 9. The van der Waals surface area contributed by atoms with Crippen LogP contribution in [0.15, 0.2) is 152 Å². The Bertz CT molecular complexity index is 2640. The minimum absolute atomic E-state index is 0.0854. The van der Waals surface area contributed by atoms with Crippen molar-refractivity contribution in [1.82, 2.24) is 20.2 Å². The average molecular weight is 907 g/mol. The monoisotopic (exact) mass is 907 g/mol. The van der Waals surface area contributed by atoms with Gasteiger partial charge in [0.1, 0.15) is 0 Å². The van der Waals surface area contributed by atoms with Gasteiger partial charge in [0.25, 0.3) is 0 Å². The molecule has 7 aromatic rings. The van der Waals surface area contributed by atoms with E-state index in [-0.39, 0.29) is 12.5 Å². The zero-order chi connectivity index (χ0) is 47.4. The Morgan fingerprint density at radius 2 is 1.00 bits per heavy atom. The minimum atomic E-state index is -0.835. The topological polar surface area (TPSA) is 121 Å². The quantitative estimate of drug-likeness (QED) is 0.0829. The molecule has 4 heterocycles. The molecule has 10 rings (SSSR count). The molecule has 3 aliphatic heterocycles. The molecule has 4 unspecified atom stereocenters. The standard InChI is InChI=1S/C39H38N6.C18H29BN2O2/c1-28-24-29(2)27-44(26-28)37-23-22-30(25-36(37)40)34-20-12-13-21-35(34)38-41-43-45(42-38)39(31-14-6-3-7-15-31,32-16-8-4-9-17-32)33-18-10-5-11-19-33;1-13-7-14(2)10-21(9-13)17-6-5-15(8-16(17)20)19-22-11-18(3,4)12-23-19/h3-23,25,28-29H,24,26-27,40H2,1-2H3;5-6,8,13-14H,7,9-12,20H2,1-4H3. The number of nitrogen functional groups attached to an aromatic ring is 2. The Morgan fingerprint density at radius 3 is 1.47 bits per heavy atom. The molecule has 0 spiro atoms. The van der Waals surface area contributed by atoms with E-state index in [1.54, 1.807) is 4.80 Å². The first kappa shape index (κ1) is 46.7. The highest BCUT2D eigenvalue weighted by Crippen LogP contribution is 2.41. The van der Waals surface area contributed by atoms with E-state index in [9.17, 15) is 0 Å². The summed E-state index contributed by atoms with van der Waals surface area (Å²) in [6.07, 6.45) is 2.56. The fourth-order valence-corrected chi connectivity index (χ4v) is 10.9. The summed E-state index contributed by atoms with van der Waals surface area (Å²) in [6.45, 7) is 19.2. The molecule has 6 aromatic carbocycles. The van der Waals surface area contributed by atoms with E-state index in [1.165, 1.54) is 12.8 Å². The van der Waals surface area contributed by atoms with Gasteiger partial charge in [-0.1, -0.05) is 169 Å². The summed E-state index contributed by atoms with van der Waals surface area (Å²) in [5, 5.41) is 14.6. The van der Waals surface area contributed by atoms with Crippen LogP contribution in [0.2, 0.25) is 0 Å². The zero-order valence-electron chi connectivity index (χ0n) is 40.6. The van der Waals surface area contributed by atoms with Gasteiger partial charge in [0.2, 0.25) is 5.82 Å². The number of nitrogens with two attached hydrogens (primary N) is 2. The highest BCUT2D eigenvalue weighted by Gasteiger charge is 2.41. The Morgan fingerprint density at radius 1 is 0.559 bits per heavy atom. The fourth-order valence-electron chi connectivity index (χ4n) is 10.9. The second kappa shape index (κ2) is 20.0. The van der Waals surface area contributed by atoms with Gasteiger partial charge in [-0.25, -0.2) is 0 Å². The molecule has 0 saturated carbocycles. The Balaban J connectivity index is 0.000000211. The second-order valence-corrected chi connectivity index (χ2v) is 20.7. The predicted octanol–water partition coefficient (Wildman–Crippen LogP) is 10.4. The Kier molecular flexibility index (Phi) is 13.8. The second-order valence-electron chi connectivity index (χ2n) is 20.7. The van der Waals surface area contributed by atoms with Crippen molar-refractivity contribution in [2.45, 2.75) is 59.9 Å². The van der Waals surface area contributed by atoms with Crippen LogP contribution in [-0.2, 0) is 14.8 Å². The predicted molar refractivity (Wildman–Crippen MR) is 280 cm³/mol. The van der Waals surface area contributed by atoms with Gasteiger partial charge in [-0.2, -0.15) is 0 Å². The largest absolute Gasteiger partial charge is 0.493 e. The average Bonchev–Trinajstić information content (AvgIpc) is 3.83. The van der Waals surface area contributed by atoms with Crippen molar-refractivity contribution in [1.29, 1.82) is 0 Å². The van der Waals surface area contributed by atoms with Crippen LogP contribution in [0.1, 0.15) is 71.1 Å². The number of rotatable bonds is 9. The van der Waals surface area contributed by atoms with E-state index in [4.69, 9.17) is 36.2 Å². The SMILES string of the molecule is CC1CC(C)CN(c2ccc(-c3ccccc3-c3nnn(C(c4ccccc4)(c4ccccc4)c4ccccc4)n3)cc2N)C1.CC1CC(C)CN(c2ccc(B3OCC(C)(C)CO3)cc2N)C1. The number of aromatic nitrogens is 4. The van der Waals surface area contributed by atoms with E-state index in [2.05, 4.69) is 167 Å². The van der Waals surface area contributed by atoms with E-state index in [1.807, 2.05) is 36.4 Å². The fraction of sp³-hybridized carbons (Fsp3) is 0.351. The van der Waals surface area contributed by atoms with E-state index < -0.39 is 5.54 Å². The van der Waals surface area contributed by atoms with Crippen LogP contribution in [0.5, 0.6) is 0 Å². The van der Waals surface area contributed by atoms with Crippen molar-refractivity contribution >= 4 is 35.3 Å². The van der Waals surface area contributed by atoms with Crippen LogP contribution in [0.3, 0.4) is 0 Å². The molecule has 68 heavy (non-hydrogen) atoms. The maximum atomic E-state index is 6.73. The molecule has 3 fully saturated rings. The smallest absolute Gasteiger partial charge is 0.407 e. The molecule has 350 valence electrons. The lowest BCUT2D eigenvalue weighted by Crippen LogP contribution is -2.47. The number of tetrazole rings is 1. The molecule has 0 bridgehead atoms. The normalized spacial score (nSPS) is 20.6. The first-order valence-corrected chi connectivity index (χ1v) is 24.5. The minimum Gasteiger partial charge on any atom is -0.407 e. The van der Waals surface area contributed by atoms with Crippen molar-refractivity contribution in [3.63, 3.8) is 0 Å². The van der Waals surface area contributed by atoms with Crippen LogP contribution >= 0.6 is 0 Å². The van der Waals surface area contributed by atoms with Gasteiger partial charge >= 0.3 is 7.12 Å². The maximum Gasteiger partial charge on any atom is 0.493 e. The number of anilines is 4. The van der Waals surface area contributed by atoms with E-state index in [0.717, 1.165) is 87.8 Å². The third-order valence-electron chi connectivity index (χ3n) is 13.8. The number of benzene rings is 6. The highest BCUT2D eigenvalue weighted by molar-refractivity contribution is 6.61. The van der Waals surface area contributed by atoms with Crippen LogP contribution in [0, 0.1) is 29.1 Å². The highest BCUT2D eigenvalue weighted by atomic mass is 16.6. The maximum absolute atomic E-state index is 6.73. The van der Waals surface area contributed by atoms with Crippen molar-refractivity contribution in [3.8, 4) is 22.5 Å². The summed E-state index contributed by atoms with van der Waals surface area (Å²) < 4.78 is 11.7. The summed E-state index contributed by atoms with van der Waals surface area (Å²) in [6, 6.07) is 52.1. The molecule has 3 saturated heterocycles. The molecule has 11 heteroatoms. The molecule has 0 aliphatic carbocycles. The van der Waals surface area contributed by atoms with Crippen LogP contribution in [0.4, 0.5) is 22.7 Å². The van der Waals surface area contributed by atoms with Crippen molar-refractivity contribution in [2.75, 3.05) is 60.7 Å². The van der Waals surface area contributed by atoms with Gasteiger partial charge in [0, 0.05) is 50.4 Å². The van der Waals surface area contributed by atoms with Gasteiger partial charge in [0.15, 0.2) is 5.54 Å². The van der Waals surface area contributed by atoms with Crippen LogP contribution < -0.4 is 26.7 Å². The number of piperidine rings is 2. The first-order valence-electron chi connectivity index (χ1n) is 24.5. The summed E-state index contributed by atoms with van der Waals surface area (Å²) >= 11 is 0. The van der Waals surface area contributed by atoms with Crippen LogP contribution in [0.25, 0.3) is 22.5 Å². The first-order chi connectivity index (χ1) is 32.9. The molecular weight excluding hydrogens is 839 g/mol. The van der Waals surface area contributed by atoms with E-state index >= 15 is 0 Å². The zero-order valence-corrected chi connectivity index (χ0v) is 40.6. The van der Waals surface area contributed by atoms with Gasteiger partial charge in [0.05, 0.1) is 22.7 Å². The molecular formula is C57H67BN8O2. The summed E-state index contributed by atoms with van der Waals surface area (Å²) in [4.78, 5) is 6.63. The molecule has 4 N–H and O–H groups in total.